The molecule has 1 amide bonds. The van der Waals surface area contributed by atoms with E-state index in [1.54, 1.807) is 30.3 Å². The van der Waals surface area contributed by atoms with Crippen LogP contribution in [0.25, 0.3) is 16.7 Å². The third-order valence-electron chi connectivity index (χ3n) is 6.69. The number of alkyl halides is 3. The van der Waals surface area contributed by atoms with Gasteiger partial charge in [-0.25, -0.2) is 22.8 Å². The van der Waals surface area contributed by atoms with Crippen molar-refractivity contribution in [2.24, 2.45) is 0 Å². The molecule has 14 heteroatoms. The topological polar surface area (TPSA) is 102 Å². The molecule has 0 N–H and O–H groups in total. The van der Waals surface area contributed by atoms with E-state index < -0.39 is 57.1 Å². The Morgan fingerprint density at radius 2 is 1.81 bits per heavy atom. The minimum Gasteiger partial charge on any atom is -0.331 e. The van der Waals surface area contributed by atoms with Gasteiger partial charge in [0.15, 0.2) is 15.5 Å². The Hall–Kier alpha value is -3.84. The van der Waals surface area contributed by atoms with Gasteiger partial charge in [0.1, 0.15) is 11.6 Å². The summed E-state index contributed by atoms with van der Waals surface area (Å²) in [5.74, 6) is -2.83. The van der Waals surface area contributed by atoms with Crippen LogP contribution in [-0.4, -0.2) is 51.8 Å². The van der Waals surface area contributed by atoms with Crippen LogP contribution in [-0.2, 0) is 27.2 Å². The van der Waals surface area contributed by atoms with Gasteiger partial charge in [-0.2, -0.15) is 13.2 Å². The van der Waals surface area contributed by atoms with E-state index in [1.165, 1.54) is 30.7 Å². The van der Waals surface area contributed by atoms with Crippen molar-refractivity contribution in [1.29, 1.82) is 0 Å². The number of hydrogen-bond donors (Lipinski definition) is 0. The molecule has 1 atom stereocenters. The molecule has 2 aromatic heterocycles. The lowest BCUT2D eigenvalue weighted by Crippen LogP contribution is -2.41. The van der Waals surface area contributed by atoms with Gasteiger partial charge >= 0.3 is 6.18 Å². The molecule has 0 aliphatic heterocycles. The van der Waals surface area contributed by atoms with Crippen molar-refractivity contribution in [3.05, 3.63) is 98.9 Å². The maximum absolute atomic E-state index is 14.2. The summed E-state index contributed by atoms with van der Waals surface area (Å²) in [6, 6.07) is 10.5. The summed E-state index contributed by atoms with van der Waals surface area (Å²) in [5, 5.41) is 0.595. The number of fused-ring (bicyclic) bond motifs is 1. The Bertz CT molecular complexity index is 1790. The zero-order valence-electron chi connectivity index (χ0n) is 22.4. The molecule has 0 fully saturated rings. The molecule has 0 spiro atoms. The normalized spacial score (nSPS) is 12.8. The van der Waals surface area contributed by atoms with Crippen LogP contribution in [0.15, 0.2) is 65.6 Å². The number of sulfone groups is 1. The fourth-order valence-corrected chi connectivity index (χ4v) is 5.28. The van der Waals surface area contributed by atoms with E-state index in [4.69, 9.17) is 11.6 Å². The van der Waals surface area contributed by atoms with E-state index in [-0.39, 0.29) is 34.7 Å². The fraction of sp³-hybridized carbons (Fsp3) is 0.286. The van der Waals surface area contributed by atoms with Crippen LogP contribution in [0.4, 0.5) is 17.6 Å². The van der Waals surface area contributed by atoms with Crippen molar-refractivity contribution in [1.82, 2.24) is 19.4 Å². The van der Waals surface area contributed by atoms with Gasteiger partial charge < -0.3 is 4.90 Å². The average Bonchev–Trinajstić information content (AvgIpc) is 2.93. The zero-order chi connectivity index (χ0) is 30.8. The average molecular weight is 625 g/mol. The van der Waals surface area contributed by atoms with Gasteiger partial charge in [-0.3, -0.25) is 14.2 Å². The molecule has 222 valence electrons. The molecule has 0 aliphatic rings. The third-order valence-corrected chi connectivity index (χ3v) is 8.63. The summed E-state index contributed by atoms with van der Waals surface area (Å²) in [7, 11) is -3.57. The van der Waals surface area contributed by atoms with Crippen LogP contribution in [0.1, 0.15) is 36.8 Å². The highest BCUT2D eigenvalue weighted by Gasteiger charge is 2.34. The number of amides is 1. The number of nitrogens with zero attached hydrogens (tertiary/aromatic N) is 4. The molecule has 4 rings (SSSR count). The van der Waals surface area contributed by atoms with Crippen LogP contribution >= 0.6 is 11.6 Å². The number of benzene rings is 2. The molecular weight excluding hydrogens is 600 g/mol. The van der Waals surface area contributed by atoms with E-state index in [9.17, 15) is 35.6 Å². The van der Waals surface area contributed by atoms with Crippen molar-refractivity contribution < 1.29 is 30.8 Å². The van der Waals surface area contributed by atoms with Gasteiger partial charge in [-0.15, -0.1) is 0 Å². The maximum atomic E-state index is 14.2. The molecule has 0 bridgehead atoms. The number of carbonyl (C=O) groups is 1. The highest BCUT2D eigenvalue weighted by Crippen LogP contribution is 2.32. The third kappa shape index (κ3) is 6.79. The molecule has 0 aliphatic carbocycles. The summed E-state index contributed by atoms with van der Waals surface area (Å²) in [5.41, 5.74) is -1.58. The molecule has 0 saturated heterocycles. The first kappa shape index (κ1) is 31.1. The second kappa shape index (κ2) is 12.2. The minimum absolute atomic E-state index is 0.0503. The second-order valence-electron chi connectivity index (χ2n) is 9.45. The summed E-state index contributed by atoms with van der Waals surface area (Å²) >= 11 is 6.04. The van der Waals surface area contributed by atoms with E-state index in [1.807, 2.05) is 0 Å². The quantitative estimate of drug-likeness (QED) is 0.239. The lowest BCUT2D eigenvalue weighted by molar-refractivity contribution is -0.140. The van der Waals surface area contributed by atoms with Crippen LogP contribution in [0.2, 0.25) is 5.02 Å². The van der Waals surface area contributed by atoms with Gasteiger partial charge in [0.2, 0.25) is 5.91 Å². The first-order valence-corrected chi connectivity index (χ1v) is 14.9. The predicted molar refractivity (Wildman–Crippen MR) is 150 cm³/mol. The summed E-state index contributed by atoms with van der Waals surface area (Å²) in [4.78, 5) is 37.1. The maximum Gasteiger partial charge on any atom is 0.419 e. The van der Waals surface area contributed by atoms with E-state index in [2.05, 4.69) is 9.97 Å². The SMILES string of the molecule is CCS(=O)(=O)CCN(C(=O)Cc1ccc(C(F)(F)F)c(F)c1)[C@H](C)c1nc2ncccc2c(=O)n1-c1ccc(Cl)cc1. The molecule has 2 aromatic carbocycles. The van der Waals surface area contributed by atoms with Crippen LogP contribution in [0, 0.1) is 5.82 Å². The first-order chi connectivity index (χ1) is 19.7. The molecule has 0 saturated carbocycles. The largest absolute Gasteiger partial charge is 0.419 e. The fourth-order valence-electron chi connectivity index (χ4n) is 4.39. The van der Waals surface area contributed by atoms with E-state index >= 15 is 0 Å². The van der Waals surface area contributed by atoms with E-state index in [0.717, 1.165) is 11.0 Å². The molecule has 8 nitrogen and oxygen atoms in total. The lowest BCUT2D eigenvalue weighted by Gasteiger charge is -2.30. The first-order valence-electron chi connectivity index (χ1n) is 12.7. The number of pyridine rings is 1. The van der Waals surface area contributed by atoms with Crippen molar-refractivity contribution >= 4 is 38.4 Å². The summed E-state index contributed by atoms with van der Waals surface area (Å²) in [6.45, 7) is 2.66. The standard InChI is InChI=1S/C28H25ClF4N4O4S/c1-3-42(40,41)14-13-36(24(38)16-18-6-11-22(23(30)15-18)28(31,32)33)17(2)26-35-25-21(5-4-12-34-25)27(39)37(26)20-9-7-19(29)8-10-20/h4-12,15,17H,3,13-14,16H2,1-2H3/t17-/m1/s1. The molecule has 42 heavy (non-hydrogen) atoms. The number of aromatic nitrogens is 3. The van der Waals surface area contributed by atoms with Gasteiger partial charge in [0, 0.05) is 23.5 Å². The zero-order valence-corrected chi connectivity index (χ0v) is 24.0. The van der Waals surface area contributed by atoms with E-state index in [0.29, 0.717) is 22.8 Å². The summed E-state index contributed by atoms with van der Waals surface area (Å²) in [6.07, 6.45) is -4.02. The van der Waals surface area contributed by atoms with Gasteiger partial charge in [0.05, 0.1) is 34.9 Å². The number of rotatable bonds is 9. The number of carbonyl (C=O) groups excluding carboxylic acids is 1. The number of hydrogen-bond acceptors (Lipinski definition) is 6. The van der Waals surface area contributed by atoms with Gasteiger partial charge in [0.25, 0.3) is 5.56 Å². The highest BCUT2D eigenvalue weighted by molar-refractivity contribution is 7.91. The van der Waals surface area contributed by atoms with Crippen LogP contribution < -0.4 is 5.56 Å². The van der Waals surface area contributed by atoms with Gasteiger partial charge in [-0.1, -0.05) is 24.6 Å². The molecule has 2 heterocycles. The number of halogens is 5. The molecule has 0 unspecified atom stereocenters. The Kier molecular flexibility index (Phi) is 9.02. The predicted octanol–water partition coefficient (Wildman–Crippen LogP) is 5.16. The minimum atomic E-state index is -4.91. The smallest absolute Gasteiger partial charge is 0.331 e. The van der Waals surface area contributed by atoms with Crippen molar-refractivity contribution in [2.75, 3.05) is 18.1 Å². The Morgan fingerprint density at radius 3 is 2.43 bits per heavy atom. The highest BCUT2D eigenvalue weighted by atomic mass is 35.5. The Labute approximate surface area is 243 Å². The van der Waals surface area contributed by atoms with Crippen molar-refractivity contribution in [2.45, 2.75) is 32.5 Å². The van der Waals surface area contributed by atoms with Crippen molar-refractivity contribution in [3.63, 3.8) is 0 Å². The monoisotopic (exact) mass is 624 g/mol. The molecule has 4 aromatic rings. The van der Waals surface area contributed by atoms with Crippen molar-refractivity contribution in [3.8, 4) is 5.69 Å². The Morgan fingerprint density at radius 1 is 1.12 bits per heavy atom. The lowest BCUT2D eigenvalue weighted by atomic mass is 10.1. The van der Waals surface area contributed by atoms with Crippen LogP contribution in [0.3, 0.4) is 0 Å². The van der Waals surface area contributed by atoms with Gasteiger partial charge in [-0.05, 0) is 61.0 Å². The molecular formula is C28H25ClF4N4O4S. The van der Waals surface area contributed by atoms with Crippen LogP contribution in [0.5, 0.6) is 0 Å². The summed E-state index contributed by atoms with van der Waals surface area (Å²) < 4.78 is 79.4. The molecule has 0 radical (unpaired) electrons. The second-order valence-corrected chi connectivity index (χ2v) is 12.4. The Balaban J connectivity index is 1.81.